The van der Waals surface area contributed by atoms with E-state index < -0.39 is 18.0 Å². The Bertz CT molecular complexity index is 1080. The molecule has 0 aliphatic carbocycles. The average Bonchev–Trinajstić information content (AvgIpc) is 3.13. The fourth-order valence-electron chi connectivity index (χ4n) is 2.46. The number of aryl methyl sites for hydroxylation is 3. The van der Waals surface area contributed by atoms with Crippen LogP contribution in [0.2, 0.25) is 0 Å². The summed E-state index contributed by atoms with van der Waals surface area (Å²) in [5.41, 5.74) is 0.542. The number of nitrogens with one attached hydrogen (secondary N) is 1. The van der Waals surface area contributed by atoms with E-state index in [1.165, 1.54) is 35.2 Å². The molecule has 0 saturated carbocycles. The Hall–Kier alpha value is -3.01. The molecule has 1 N–H and O–H groups in total. The van der Waals surface area contributed by atoms with Crippen LogP contribution in [0.25, 0.3) is 10.2 Å². The highest BCUT2D eigenvalue weighted by Gasteiger charge is 2.20. The zero-order chi connectivity index (χ0) is 19.7. The highest BCUT2D eigenvalue weighted by molar-refractivity contribution is 7.18. The highest BCUT2D eigenvalue weighted by Crippen LogP contribution is 2.25. The van der Waals surface area contributed by atoms with Gasteiger partial charge in [0.25, 0.3) is 11.5 Å². The summed E-state index contributed by atoms with van der Waals surface area (Å²) >= 11 is 1.43. The fourth-order valence-corrected chi connectivity index (χ4v) is 3.45. The summed E-state index contributed by atoms with van der Waals surface area (Å²) in [6, 6.07) is 1.54. The number of amides is 1. The van der Waals surface area contributed by atoms with E-state index >= 15 is 0 Å². The summed E-state index contributed by atoms with van der Waals surface area (Å²) < 4.78 is 11.1. The molecule has 0 bridgehead atoms. The van der Waals surface area contributed by atoms with Crippen LogP contribution in [0.3, 0.4) is 0 Å². The van der Waals surface area contributed by atoms with Crippen LogP contribution in [-0.4, -0.2) is 32.7 Å². The second-order valence-corrected chi connectivity index (χ2v) is 7.29. The first kappa shape index (κ1) is 18.8. The molecule has 3 aromatic heterocycles. The third kappa shape index (κ3) is 3.90. The van der Waals surface area contributed by atoms with Gasteiger partial charge in [0.1, 0.15) is 17.1 Å². The number of esters is 1. The van der Waals surface area contributed by atoms with Gasteiger partial charge in [-0.1, -0.05) is 5.16 Å². The molecule has 0 spiro atoms. The molecule has 10 heteroatoms. The van der Waals surface area contributed by atoms with E-state index in [1.807, 2.05) is 13.8 Å². The minimum atomic E-state index is -1.06. The van der Waals surface area contributed by atoms with Gasteiger partial charge in [-0.25, -0.2) is 4.98 Å². The van der Waals surface area contributed by atoms with Crippen LogP contribution in [0.15, 0.2) is 21.7 Å². The molecule has 0 aliphatic heterocycles. The molecule has 1 amide bonds. The number of rotatable bonds is 5. The Morgan fingerprint density at radius 1 is 1.37 bits per heavy atom. The lowest BCUT2D eigenvalue weighted by atomic mass is 10.2. The van der Waals surface area contributed by atoms with Gasteiger partial charge in [0.2, 0.25) is 0 Å². The van der Waals surface area contributed by atoms with Gasteiger partial charge < -0.3 is 14.6 Å². The van der Waals surface area contributed by atoms with E-state index in [0.717, 1.165) is 10.4 Å². The molecule has 9 nitrogen and oxygen atoms in total. The van der Waals surface area contributed by atoms with Gasteiger partial charge in [0, 0.05) is 10.9 Å². The molecule has 3 aromatic rings. The zero-order valence-corrected chi connectivity index (χ0v) is 16.0. The molecule has 27 heavy (non-hydrogen) atoms. The molecule has 0 fully saturated rings. The predicted octanol–water partition coefficient (Wildman–Crippen LogP) is 1.94. The van der Waals surface area contributed by atoms with Crippen LogP contribution in [0, 0.1) is 20.8 Å². The number of nitrogens with zero attached hydrogens (tertiary/aromatic N) is 3. The van der Waals surface area contributed by atoms with E-state index in [1.54, 1.807) is 6.92 Å². The van der Waals surface area contributed by atoms with Gasteiger partial charge in [-0.05, 0) is 33.3 Å². The van der Waals surface area contributed by atoms with Gasteiger partial charge in [-0.3, -0.25) is 19.0 Å². The highest BCUT2D eigenvalue weighted by atomic mass is 32.1. The monoisotopic (exact) mass is 390 g/mol. The second kappa shape index (κ2) is 7.31. The van der Waals surface area contributed by atoms with E-state index in [4.69, 9.17) is 9.26 Å². The van der Waals surface area contributed by atoms with Crippen LogP contribution in [0.4, 0.5) is 5.82 Å². The molecular formula is C17H18N4O5S. The van der Waals surface area contributed by atoms with Crippen molar-refractivity contribution in [3.63, 3.8) is 0 Å². The van der Waals surface area contributed by atoms with Crippen molar-refractivity contribution in [1.82, 2.24) is 14.7 Å². The number of ether oxygens (including phenoxy) is 1. The smallest absolute Gasteiger partial charge is 0.326 e. The lowest BCUT2D eigenvalue weighted by Crippen LogP contribution is -2.33. The number of hydrogen-bond donors (Lipinski definition) is 1. The van der Waals surface area contributed by atoms with Crippen molar-refractivity contribution in [3.8, 4) is 0 Å². The number of hydrogen-bond acceptors (Lipinski definition) is 8. The largest absolute Gasteiger partial charge is 0.451 e. The van der Waals surface area contributed by atoms with Crippen molar-refractivity contribution in [3.05, 3.63) is 38.9 Å². The van der Waals surface area contributed by atoms with E-state index in [0.29, 0.717) is 16.0 Å². The van der Waals surface area contributed by atoms with Crippen molar-refractivity contribution in [2.75, 3.05) is 5.32 Å². The molecule has 3 rings (SSSR count). The number of fused-ring (bicyclic) bond motifs is 1. The van der Waals surface area contributed by atoms with Crippen LogP contribution < -0.4 is 10.9 Å². The first-order valence-electron chi connectivity index (χ1n) is 8.15. The van der Waals surface area contributed by atoms with E-state index in [9.17, 15) is 14.4 Å². The Labute approximate surface area is 157 Å². The first-order valence-corrected chi connectivity index (χ1v) is 8.96. The number of carbonyl (C=O) groups is 2. The molecular weight excluding hydrogens is 372 g/mol. The lowest BCUT2D eigenvalue weighted by molar-refractivity contribution is -0.153. The van der Waals surface area contributed by atoms with Crippen molar-refractivity contribution in [1.29, 1.82) is 0 Å². The van der Waals surface area contributed by atoms with Gasteiger partial charge >= 0.3 is 5.97 Å². The molecule has 0 aromatic carbocycles. The fraction of sp³-hybridized carbons (Fsp3) is 0.353. The van der Waals surface area contributed by atoms with Crippen molar-refractivity contribution >= 4 is 39.2 Å². The maximum Gasteiger partial charge on any atom is 0.326 e. The Morgan fingerprint density at radius 2 is 2.11 bits per heavy atom. The summed E-state index contributed by atoms with van der Waals surface area (Å²) in [5.74, 6) is -0.505. The number of anilines is 1. The third-order valence-electron chi connectivity index (χ3n) is 4.01. The summed E-state index contributed by atoms with van der Waals surface area (Å²) in [7, 11) is 0. The summed E-state index contributed by atoms with van der Waals surface area (Å²) in [6.45, 7) is 6.54. The molecule has 3 heterocycles. The van der Waals surface area contributed by atoms with Gasteiger partial charge in [-0.15, -0.1) is 11.3 Å². The summed E-state index contributed by atoms with van der Waals surface area (Å²) in [6.07, 6.45) is 0.247. The first-order chi connectivity index (χ1) is 12.8. The van der Waals surface area contributed by atoms with Crippen molar-refractivity contribution < 1.29 is 18.8 Å². The Kier molecular flexibility index (Phi) is 5.08. The Balaban J connectivity index is 1.67. The van der Waals surface area contributed by atoms with Crippen LogP contribution >= 0.6 is 11.3 Å². The van der Waals surface area contributed by atoms with Crippen molar-refractivity contribution in [2.24, 2.45) is 0 Å². The molecule has 0 aliphatic rings. The standard InChI is InChI=1S/C17H18N4O5S/c1-8-5-12(20-26-8)19-15(23)10(3)25-13(22)6-21-7-18-16-14(17(21)24)9(2)11(4)27-16/h5,7,10H,6H2,1-4H3,(H,19,20,23)/t10-/m0/s1. The average molecular weight is 390 g/mol. The van der Waals surface area contributed by atoms with E-state index in [2.05, 4.69) is 15.5 Å². The van der Waals surface area contributed by atoms with Gasteiger partial charge in [-0.2, -0.15) is 0 Å². The minimum absolute atomic E-state index is 0.231. The molecule has 0 unspecified atom stereocenters. The summed E-state index contributed by atoms with van der Waals surface area (Å²) in [5, 5.41) is 6.61. The van der Waals surface area contributed by atoms with E-state index in [-0.39, 0.29) is 17.9 Å². The number of carbonyl (C=O) groups excluding carboxylic acids is 2. The minimum Gasteiger partial charge on any atom is -0.451 e. The maximum atomic E-state index is 12.6. The molecule has 0 saturated heterocycles. The predicted molar refractivity (Wildman–Crippen MR) is 98.8 cm³/mol. The Morgan fingerprint density at radius 3 is 2.78 bits per heavy atom. The SMILES string of the molecule is Cc1cc(NC(=O)[C@H](C)OC(=O)Cn2cnc3sc(C)c(C)c3c2=O)no1. The van der Waals surface area contributed by atoms with Crippen LogP contribution in [-0.2, 0) is 20.9 Å². The number of aromatic nitrogens is 3. The topological polar surface area (TPSA) is 116 Å². The zero-order valence-electron chi connectivity index (χ0n) is 15.2. The molecule has 142 valence electrons. The quantitative estimate of drug-likeness (QED) is 0.662. The lowest BCUT2D eigenvalue weighted by Gasteiger charge is -2.13. The molecule has 1 atom stereocenters. The molecule has 0 radical (unpaired) electrons. The number of thiophene rings is 1. The van der Waals surface area contributed by atoms with Gasteiger partial charge in [0.15, 0.2) is 11.9 Å². The van der Waals surface area contributed by atoms with Gasteiger partial charge in [0.05, 0.1) is 11.7 Å². The third-order valence-corrected chi connectivity index (χ3v) is 5.13. The van der Waals surface area contributed by atoms with Crippen LogP contribution in [0.5, 0.6) is 0 Å². The van der Waals surface area contributed by atoms with Crippen molar-refractivity contribution in [2.45, 2.75) is 40.3 Å². The maximum absolute atomic E-state index is 12.6. The summed E-state index contributed by atoms with van der Waals surface area (Å²) in [4.78, 5) is 42.6. The van der Waals surface area contributed by atoms with Crippen LogP contribution in [0.1, 0.15) is 23.1 Å². The second-order valence-electron chi connectivity index (χ2n) is 6.09. The normalized spacial score (nSPS) is 12.1.